The van der Waals surface area contributed by atoms with Gasteiger partial charge in [0.25, 0.3) is 0 Å². The molecule has 0 bridgehead atoms. The lowest BCUT2D eigenvalue weighted by Gasteiger charge is -2.15. The van der Waals surface area contributed by atoms with Gasteiger partial charge in [0.15, 0.2) is 0 Å². The van der Waals surface area contributed by atoms with Crippen LogP contribution in [0.2, 0.25) is 10.0 Å². The van der Waals surface area contributed by atoms with E-state index < -0.39 is 0 Å². The molecule has 3 rings (SSSR count). The Kier molecular flexibility index (Phi) is 6.72. The van der Waals surface area contributed by atoms with Crippen LogP contribution in [0.3, 0.4) is 0 Å². The van der Waals surface area contributed by atoms with E-state index in [1.165, 1.54) is 0 Å². The van der Waals surface area contributed by atoms with Gasteiger partial charge in [-0.15, -0.1) is 10.2 Å². The summed E-state index contributed by atoms with van der Waals surface area (Å²) in [7, 11) is 1.80. The first-order valence-electron chi connectivity index (χ1n) is 8.34. The van der Waals surface area contributed by atoms with Crippen molar-refractivity contribution in [1.82, 2.24) is 15.1 Å². The van der Waals surface area contributed by atoms with Gasteiger partial charge in [-0.25, -0.2) is 0 Å². The Morgan fingerprint density at radius 3 is 2.71 bits per heavy atom. The van der Waals surface area contributed by atoms with Gasteiger partial charge in [0.05, 0.1) is 23.7 Å². The third-order valence-electron chi connectivity index (χ3n) is 3.91. The Morgan fingerprint density at radius 2 is 2.00 bits per heavy atom. The van der Waals surface area contributed by atoms with E-state index in [2.05, 4.69) is 31.4 Å². The van der Waals surface area contributed by atoms with Crippen molar-refractivity contribution in [3.05, 3.63) is 62.4 Å². The lowest BCUT2D eigenvalue weighted by molar-refractivity contribution is -0.117. The summed E-state index contributed by atoms with van der Waals surface area (Å²) in [5, 5.41) is 11.9. The van der Waals surface area contributed by atoms with Gasteiger partial charge in [-0.05, 0) is 55.9 Å². The van der Waals surface area contributed by atoms with Crippen molar-refractivity contribution < 1.29 is 9.21 Å². The predicted octanol–water partition coefficient (Wildman–Crippen LogP) is 5.18. The molecule has 1 aromatic heterocycles. The van der Waals surface area contributed by atoms with Crippen LogP contribution in [0.25, 0.3) is 11.5 Å². The fourth-order valence-corrected chi connectivity index (χ4v) is 3.54. The van der Waals surface area contributed by atoms with Crippen LogP contribution < -0.4 is 5.32 Å². The highest BCUT2D eigenvalue weighted by Gasteiger charge is 2.15. The minimum atomic E-state index is -0.131. The molecule has 0 saturated carbocycles. The number of aromatic nitrogens is 2. The summed E-state index contributed by atoms with van der Waals surface area (Å²) < 4.78 is 6.63. The Hall–Kier alpha value is -1.93. The van der Waals surface area contributed by atoms with Crippen LogP contribution in [0.1, 0.15) is 11.5 Å². The van der Waals surface area contributed by atoms with Crippen LogP contribution >= 0.6 is 39.1 Å². The highest BCUT2D eigenvalue weighted by Crippen LogP contribution is 2.29. The van der Waals surface area contributed by atoms with Crippen molar-refractivity contribution in [2.75, 3.05) is 18.9 Å². The maximum Gasteiger partial charge on any atom is 0.249 e. The van der Waals surface area contributed by atoms with Crippen molar-refractivity contribution in [2.45, 2.75) is 13.5 Å². The second kappa shape index (κ2) is 9.05. The summed E-state index contributed by atoms with van der Waals surface area (Å²) in [5.41, 5.74) is 2.36. The first-order valence-corrected chi connectivity index (χ1v) is 9.89. The van der Waals surface area contributed by atoms with E-state index in [-0.39, 0.29) is 12.5 Å². The molecule has 0 aliphatic rings. The zero-order chi connectivity index (χ0) is 20.3. The SMILES string of the molecule is Cc1cc(Br)ccc1NC(=O)CN(C)Cc1nnc(-c2ccc(Cl)cc2Cl)o1. The van der Waals surface area contributed by atoms with E-state index >= 15 is 0 Å². The Bertz CT molecular complexity index is 1010. The normalized spacial score (nSPS) is 11.1. The monoisotopic (exact) mass is 482 g/mol. The summed E-state index contributed by atoms with van der Waals surface area (Å²) in [6.45, 7) is 2.44. The van der Waals surface area contributed by atoms with Crippen molar-refractivity contribution in [2.24, 2.45) is 0 Å². The predicted molar refractivity (Wildman–Crippen MR) is 114 cm³/mol. The van der Waals surface area contributed by atoms with Crippen LogP contribution in [-0.4, -0.2) is 34.6 Å². The van der Waals surface area contributed by atoms with Gasteiger partial charge in [0.1, 0.15) is 0 Å². The molecule has 0 radical (unpaired) electrons. The van der Waals surface area contributed by atoms with Crippen LogP contribution in [0.5, 0.6) is 0 Å². The molecule has 3 aromatic rings. The number of nitrogens with one attached hydrogen (secondary N) is 1. The Morgan fingerprint density at radius 1 is 1.21 bits per heavy atom. The molecular formula is C19H17BrCl2N4O2. The minimum Gasteiger partial charge on any atom is -0.419 e. The molecule has 6 nitrogen and oxygen atoms in total. The van der Waals surface area contributed by atoms with Crippen molar-refractivity contribution in [1.29, 1.82) is 0 Å². The number of hydrogen-bond acceptors (Lipinski definition) is 5. The van der Waals surface area contributed by atoms with Gasteiger partial charge < -0.3 is 9.73 Å². The lowest BCUT2D eigenvalue weighted by Crippen LogP contribution is -2.30. The fraction of sp³-hybridized carbons (Fsp3) is 0.211. The van der Waals surface area contributed by atoms with Crippen LogP contribution in [0.4, 0.5) is 5.69 Å². The highest BCUT2D eigenvalue weighted by molar-refractivity contribution is 9.10. The molecule has 0 unspecified atom stereocenters. The zero-order valence-electron chi connectivity index (χ0n) is 15.2. The molecule has 0 fully saturated rings. The number of aryl methyl sites for hydroxylation is 1. The number of halogens is 3. The molecule has 0 atom stereocenters. The van der Waals surface area contributed by atoms with Crippen LogP contribution in [-0.2, 0) is 11.3 Å². The van der Waals surface area contributed by atoms with Gasteiger partial charge in [0.2, 0.25) is 17.7 Å². The molecule has 0 aliphatic heterocycles. The molecule has 1 heterocycles. The van der Waals surface area contributed by atoms with E-state index in [4.69, 9.17) is 27.6 Å². The average molecular weight is 484 g/mol. The summed E-state index contributed by atoms with van der Waals surface area (Å²) >= 11 is 15.5. The number of carbonyl (C=O) groups excluding carboxylic acids is 1. The van der Waals surface area contributed by atoms with Gasteiger partial charge in [-0.1, -0.05) is 39.1 Å². The number of amides is 1. The van der Waals surface area contributed by atoms with E-state index in [0.717, 1.165) is 15.7 Å². The molecule has 9 heteroatoms. The Labute approximate surface area is 181 Å². The second-order valence-corrected chi connectivity index (χ2v) is 8.06. The van der Waals surface area contributed by atoms with Crippen molar-refractivity contribution in [3.63, 3.8) is 0 Å². The lowest BCUT2D eigenvalue weighted by atomic mass is 10.2. The van der Waals surface area contributed by atoms with Gasteiger partial charge in [-0.3, -0.25) is 9.69 Å². The van der Waals surface area contributed by atoms with Gasteiger partial charge >= 0.3 is 0 Å². The van der Waals surface area contributed by atoms with E-state index in [9.17, 15) is 4.79 Å². The average Bonchev–Trinajstić information content (AvgIpc) is 3.05. The second-order valence-electron chi connectivity index (χ2n) is 6.30. The molecular weight excluding hydrogens is 467 g/mol. The number of hydrogen-bond donors (Lipinski definition) is 1. The standard InChI is InChI=1S/C19H17BrCl2N4O2/c1-11-7-12(20)3-6-16(11)23-17(27)9-26(2)10-18-24-25-19(28-18)14-5-4-13(21)8-15(14)22/h3-8H,9-10H2,1-2H3,(H,23,27). The summed E-state index contributed by atoms with van der Waals surface area (Å²) in [6, 6.07) is 10.7. The van der Waals surface area contributed by atoms with E-state index in [1.54, 1.807) is 30.1 Å². The van der Waals surface area contributed by atoms with E-state index in [1.807, 2.05) is 25.1 Å². The van der Waals surface area contributed by atoms with Crippen molar-refractivity contribution in [3.8, 4) is 11.5 Å². The first-order chi connectivity index (χ1) is 13.3. The quantitative estimate of drug-likeness (QED) is 0.522. The largest absolute Gasteiger partial charge is 0.419 e. The molecule has 0 saturated heterocycles. The minimum absolute atomic E-state index is 0.131. The smallest absolute Gasteiger partial charge is 0.249 e. The zero-order valence-corrected chi connectivity index (χ0v) is 18.3. The maximum absolute atomic E-state index is 12.3. The van der Waals surface area contributed by atoms with Crippen molar-refractivity contribution >= 4 is 50.7 Å². The molecule has 28 heavy (non-hydrogen) atoms. The van der Waals surface area contributed by atoms with Gasteiger partial charge in [0, 0.05) is 15.2 Å². The summed E-state index contributed by atoms with van der Waals surface area (Å²) in [5.74, 6) is 0.560. The number of nitrogens with zero attached hydrogens (tertiary/aromatic N) is 3. The summed E-state index contributed by atoms with van der Waals surface area (Å²) in [4.78, 5) is 14.1. The fourth-order valence-electron chi connectivity index (χ4n) is 2.58. The topological polar surface area (TPSA) is 71.3 Å². The number of benzene rings is 2. The maximum atomic E-state index is 12.3. The van der Waals surface area contributed by atoms with E-state index in [0.29, 0.717) is 33.9 Å². The first kappa shape index (κ1) is 20.8. The number of rotatable bonds is 6. The molecule has 0 aliphatic carbocycles. The number of likely N-dealkylation sites (N-methyl/N-ethyl adjacent to an activating group) is 1. The van der Waals surface area contributed by atoms with Crippen LogP contribution in [0.15, 0.2) is 45.3 Å². The molecule has 0 spiro atoms. The molecule has 1 N–H and O–H groups in total. The van der Waals surface area contributed by atoms with Crippen LogP contribution in [0, 0.1) is 6.92 Å². The number of anilines is 1. The third kappa shape index (κ3) is 5.32. The third-order valence-corrected chi connectivity index (χ3v) is 4.95. The van der Waals surface area contributed by atoms with Gasteiger partial charge in [-0.2, -0.15) is 0 Å². The molecule has 146 valence electrons. The number of carbonyl (C=O) groups is 1. The summed E-state index contributed by atoms with van der Waals surface area (Å²) in [6.07, 6.45) is 0. The highest BCUT2D eigenvalue weighted by atomic mass is 79.9. The molecule has 1 amide bonds. The Balaban J connectivity index is 1.59. The molecule has 2 aromatic carbocycles.